The Morgan fingerprint density at radius 3 is 2.13 bits per heavy atom. The van der Waals surface area contributed by atoms with Crippen LogP contribution < -0.4 is 5.32 Å². The van der Waals surface area contributed by atoms with E-state index in [4.69, 9.17) is 9.47 Å². The van der Waals surface area contributed by atoms with Crippen molar-refractivity contribution in [3.05, 3.63) is 60.8 Å². The lowest BCUT2D eigenvalue weighted by Gasteiger charge is -2.27. The number of imidazole rings is 1. The Morgan fingerprint density at radius 1 is 0.809 bits per heavy atom. The maximum Gasteiger partial charge on any atom is 0.410 e. The van der Waals surface area contributed by atoms with Gasteiger partial charge in [-0.3, -0.25) is 4.90 Å². The lowest BCUT2D eigenvalue weighted by atomic mass is 10.0. The number of carbonyl (C=O) groups excluding carboxylic acids is 2. The second kappa shape index (κ2) is 13.4. The van der Waals surface area contributed by atoms with Gasteiger partial charge in [0.1, 0.15) is 17.0 Å². The van der Waals surface area contributed by atoms with Gasteiger partial charge in [0.2, 0.25) is 5.95 Å². The number of rotatable bonds is 5. The molecule has 1 unspecified atom stereocenters. The highest BCUT2D eigenvalue weighted by Crippen LogP contribution is 2.34. The lowest BCUT2D eigenvalue weighted by molar-refractivity contribution is 0.0217. The smallest absolute Gasteiger partial charge is 0.410 e. The van der Waals surface area contributed by atoms with Crippen molar-refractivity contribution in [2.75, 3.05) is 25.0 Å². The third-order valence-electron chi connectivity index (χ3n) is 8.10. The summed E-state index contributed by atoms with van der Waals surface area (Å²) in [7, 11) is 0. The van der Waals surface area contributed by atoms with Crippen LogP contribution in [0.4, 0.5) is 15.5 Å². The van der Waals surface area contributed by atoms with Gasteiger partial charge >= 0.3 is 12.2 Å². The Hall–Kier alpha value is -4.32. The SMILES string of the molecule is CC(C)(C)OC(=O)N1CCC(Nc2ncc(-c3ccc4cc(-c5cnc([C@@H]6CCCN6C(=O)OC(C)(C)C)[nH]5)ccc4c3)cn2)C1.S. The summed E-state index contributed by atoms with van der Waals surface area (Å²) < 4.78 is 11.1. The second-order valence-electron chi connectivity index (χ2n) is 14.1. The number of amides is 2. The standard InChI is InChI=1S/C35H43N7O4.H2S/c1-34(2,3)45-32(43)41-15-13-27(21-41)39-31-37-18-26(19-38-31)24-10-9-23-17-25(12-11-22(23)16-24)28-20-36-30(40-28)29-8-7-14-42(29)33(44)46-35(4,5)6;/h9-12,16-20,27,29H,7-8,13-15,21H2,1-6H3,(H,36,40)(H,37,38,39);1H2/t27?,29-;/m0./s1. The molecule has 4 aromatic rings. The van der Waals surface area contributed by atoms with Gasteiger partial charge in [-0.1, -0.05) is 24.3 Å². The van der Waals surface area contributed by atoms with Crippen molar-refractivity contribution in [1.29, 1.82) is 0 Å². The normalized spacial score (nSPS) is 18.3. The molecular formula is C35H45N7O4S. The van der Waals surface area contributed by atoms with Gasteiger partial charge in [0, 0.05) is 49.2 Å². The average Bonchev–Trinajstić information content (AvgIpc) is 3.76. The molecule has 4 heterocycles. The molecule has 0 saturated carbocycles. The molecule has 2 amide bonds. The number of nitrogens with one attached hydrogen (secondary N) is 2. The quantitative estimate of drug-likeness (QED) is 0.229. The molecule has 2 aliphatic heterocycles. The van der Waals surface area contributed by atoms with E-state index in [-0.39, 0.29) is 37.8 Å². The van der Waals surface area contributed by atoms with Crippen LogP contribution in [0.15, 0.2) is 55.0 Å². The van der Waals surface area contributed by atoms with Crippen LogP contribution in [0, 0.1) is 0 Å². The van der Waals surface area contributed by atoms with E-state index < -0.39 is 11.2 Å². The minimum atomic E-state index is -0.541. The zero-order valence-corrected chi connectivity index (χ0v) is 29.0. The first-order valence-corrected chi connectivity index (χ1v) is 16.0. The predicted octanol–water partition coefficient (Wildman–Crippen LogP) is 7.29. The third-order valence-corrected chi connectivity index (χ3v) is 8.10. The molecule has 0 bridgehead atoms. The van der Waals surface area contributed by atoms with Crippen molar-refractivity contribution in [1.82, 2.24) is 29.7 Å². The Labute approximate surface area is 282 Å². The number of anilines is 1. The second-order valence-corrected chi connectivity index (χ2v) is 14.1. The van der Waals surface area contributed by atoms with Gasteiger partial charge < -0.3 is 24.7 Å². The molecule has 0 spiro atoms. The average molecular weight is 660 g/mol. The van der Waals surface area contributed by atoms with Gasteiger partial charge in [-0.15, -0.1) is 0 Å². The molecule has 0 radical (unpaired) electrons. The van der Waals surface area contributed by atoms with Gasteiger partial charge in [0.15, 0.2) is 0 Å². The van der Waals surface area contributed by atoms with Gasteiger partial charge in [-0.2, -0.15) is 13.5 Å². The van der Waals surface area contributed by atoms with Crippen LogP contribution in [0.3, 0.4) is 0 Å². The fourth-order valence-electron chi connectivity index (χ4n) is 5.94. The number of carbonyl (C=O) groups is 2. The molecular weight excluding hydrogens is 614 g/mol. The van der Waals surface area contributed by atoms with E-state index >= 15 is 0 Å². The van der Waals surface area contributed by atoms with Crippen LogP contribution in [0.2, 0.25) is 0 Å². The third kappa shape index (κ3) is 8.16. The molecule has 2 aliphatic rings. The molecule has 2 fully saturated rings. The molecule has 47 heavy (non-hydrogen) atoms. The number of hydrogen-bond acceptors (Lipinski definition) is 8. The number of nitrogens with zero attached hydrogens (tertiary/aromatic N) is 5. The summed E-state index contributed by atoms with van der Waals surface area (Å²) >= 11 is 0. The Morgan fingerprint density at radius 2 is 1.45 bits per heavy atom. The van der Waals surface area contributed by atoms with Crippen LogP contribution in [-0.4, -0.2) is 78.8 Å². The van der Waals surface area contributed by atoms with Crippen molar-refractivity contribution in [3.8, 4) is 22.4 Å². The molecule has 2 saturated heterocycles. The van der Waals surface area contributed by atoms with Gasteiger partial charge in [0.25, 0.3) is 0 Å². The number of benzene rings is 2. The minimum absolute atomic E-state index is 0. The molecule has 2 aromatic carbocycles. The lowest BCUT2D eigenvalue weighted by Crippen LogP contribution is -2.36. The highest BCUT2D eigenvalue weighted by molar-refractivity contribution is 7.59. The highest BCUT2D eigenvalue weighted by Gasteiger charge is 2.35. The Balaban J connectivity index is 0.00000433. The number of aromatic amines is 1. The molecule has 2 aromatic heterocycles. The van der Waals surface area contributed by atoms with E-state index in [1.54, 1.807) is 9.80 Å². The predicted molar refractivity (Wildman–Crippen MR) is 188 cm³/mol. The van der Waals surface area contributed by atoms with Gasteiger partial charge in [0.05, 0.1) is 17.9 Å². The summed E-state index contributed by atoms with van der Waals surface area (Å²) in [6.45, 7) is 13.1. The maximum atomic E-state index is 12.8. The summed E-state index contributed by atoms with van der Waals surface area (Å²) in [5.41, 5.74) is 2.82. The summed E-state index contributed by atoms with van der Waals surface area (Å²) in [6.07, 6.45) is 7.46. The van der Waals surface area contributed by atoms with Gasteiger partial charge in [-0.25, -0.2) is 24.5 Å². The van der Waals surface area contributed by atoms with E-state index in [9.17, 15) is 9.59 Å². The van der Waals surface area contributed by atoms with Crippen LogP contribution in [0.1, 0.15) is 72.7 Å². The van der Waals surface area contributed by atoms with E-state index in [0.717, 1.165) is 58.2 Å². The first kappa shape index (κ1) is 34.0. The summed E-state index contributed by atoms with van der Waals surface area (Å²) in [5.74, 6) is 1.32. The molecule has 250 valence electrons. The van der Waals surface area contributed by atoms with Crippen molar-refractivity contribution >= 4 is 42.4 Å². The zero-order chi connectivity index (χ0) is 32.6. The maximum absolute atomic E-state index is 12.8. The summed E-state index contributed by atoms with van der Waals surface area (Å²) in [6, 6.07) is 12.6. The number of likely N-dealkylation sites (tertiary alicyclic amines) is 2. The molecule has 12 heteroatoms. The molecule has 6 rings (SSSR count). The van der Waals surface area contributed by atoms with Crippen molar-refractivity contribution in [3.63, 3.8) is 0 Å². The topological polar surface area (TPSA) is 126 Å². The van der Waals surface area contributed by atoms with E-state index in [2.05, 4.69) is 61.7 Å². The fraction of sp³-hybridized carbons (Fsp3) is 0.457. The molecule has 2 atom stereocenters. The van der Waals surface area contributed by atoms with E-state index in [1.165, 1.54) is 0 Å². The van der Waals surface area contributed by atoms with Crippen molar-refractivity contribution < 1.29 is 19.1 Å². The zero-order valence-electron chi connectivity index (χ0n) is 28.0. The van der Waals surface area contributed by atoms with Crippen LogP contribution in [-0.2, 0) is 9.47 Å². The van der Waals surface area contributed by atoms with Crippen LogP contribution in [0.25, 0.3) is 33.2 Å². The number of hydrogen-bond donors (Lipinski definition) is 2. The summed E-state index contributed by atoms with van der Waals surface area (Å²) in [5, 5.41) is 5.55. The van der Waals surface area contributed by atoms with Crippen LogP contribution >= 0.6 is 13.5 Å². The first-order chi connectivity index (χ1) is 21.8. The van der Waals surface area contributed by atoms with E-state index in [0.29, 0.717) is 25.6 Å². The molecule has 0 aliphatic carbocycles. The molecule has 11 nitrogen and oxygen atoms in total. The summed E-state index contributed by atoms with van der Waals surface area (Å²) in [4.78, 5) is 45.9. The van der Waals surface area contributed by atoms with E-state index in [1.807, 2.05) is 60.1 Å². The fourth-order valence-corrected chi connectivity index (χ4v) is 5.94. The Kier molecular flexibility index (Phi) is 9.72. The van der Waals surface area contributed by atoms with Crippen molar-refractivity contribution in [2.24, 2.45) is 0 Å². The highest BCUT2D eigenvalue weighted by atomic mass is 32.1. The number of fused-ring (bicyclic) bond motifs is 1. The van der Waals surface area contributed by atoms with Crippen molar-refractivity contribution in [2.45, 2.75) is 84.1 Å². The molecule has 2 N–H and O–H groups in total. The Bertz CT molecular complexity index is 1730. The van der Waals surface area contributed by atoms with Crippen LogP contribution in [0.5, 0.6) is 0 Å². The largest absolute Gasteiger partial charge is 0.444 e. The first-order valence-electron chi connectivity index (χ1n) is 16.0. The number of aromatic nitrogens is 4. The number of H-pyrrole nitrogens is 1. The number of ether oxygens (including phenoxy) is 2. The minimum Gasteiger partial charge on any atom is -0.444 e. The van der Waals surface area contributed by atoms with Gasteiger partial charge in [-0.05, 0) is 89.3 Å². The monoisotopic (exact) mass is 659 g/mol.